The Balaban J connectivity index is 1.40. The van der Waals surface area contributed by atoms with Gasteiger partial charge in [0.25, 0.3) is 10.8 Å². The first kappa shape index (κ1) is 21.1. The van der Waals surface area contributed by atoms with E-state index >= 15 is 0 Å². The Hall–Kier alpha value is -3.18. The first-order valence-corrected chi connectivity index (χ1v) is 11.3. The fourth-order valence-corrected chi connectivity index (χ4v) is 4.22. The molecule has 4 aromatic rings. The van der Waals surface area contributed by atoms with Crippen LogP contribution in [0.5, 0.6) is 0 Å². The van der Waals surface area contributed by atoms with Gasteiger partial charge in [-0.3, -0.25) is 14.3 Å². The minimum Gasteiger partial charge on any atom is -0.416 e. The minimum absolute atomic E-state index is 0.0382. The van der Waals surface area contributed by atoms with Gasteiger partial charge in [0.1, 0.15) is 5.69 Å². The molecule has 1 aromatic carbocycles. The van der Waals surface area contributed by atoms with Crippen molar-refractivity contribution >= 4 is 34.7 Å². The molecule has 1 amide bonds. The quantitative estimate of drug-likeness (QED) is 0.426. The van der Waals surface area contributed by atoms with Gasteiger partial charge in [0, 0.05) is 12.4 Å². The van der Waals surface area contributed by atoms with Crippen molar-refractivity contribution in [3.8, 4) is 5.69 Å². The van der Waals surface area contributed by atoms with Crippen LogP contribution in [0.3, 0.4) is 0 Å². The molecule has 11 heteroatoms. The molecule has 0 radical (unpaired) electrons. The van der Waals surface area contributed by atoms with E-state index in [2.05, 4.69) is 20.5 Å². The fraction of sp³-hybridized carbons (Fsp3) is 0.250. The van der Waals surface area contributed by atoms with Crippen LogP contribution < -0.4 is 10.9 Å². The number of rotatable bonds is 7. The van der Waals surface area contributed by atoms with Crippen molar-refractivity contribution in [1.29, 1.82) is 0 Å². The third-order valence-electron chi connectivity index (χ3n) is 4.59. The molecule has 4 rings (SSSR count). The van der Waals surface area contributed by atoms with Crippen molar-refractivity contribution in [2.45, 2.75) is 25.5 Å². The molecule has 0 aliphatic heterocycles. The second-order valence-corrected chi connectivity index (χ2v) is 8.76. The van der Waals surface area contributed by atoms with E-state index in [1.165, 1.54) is 4.68 Å². The molecule has 0 atom stereocenters. The molecule has 0 spiro atoms. The minimum atomic E-state index is -0.328. The Kier molecular flexibility index (Phi) is 6.05. The van der Waals surface area contributed by atoms with E-state index in [1.807, 2.05) is 42.6 Å². The Morgan fingerprint density at radius 2 is 2.00 bits per heavy atom. The zero-order valence-electron chi connectivity index (χ0n) is 17.2. The Bertz CT molecular complexity index is 1270. The van der Waals surface area contributed by atoms with Crippen LogP contribution in [0.25, 0.3) is 5.69 Å². The molecule has 9 nitrogen and oxygen atoms in total. The second-order valence-electron chi connectivity index (χ2n) is 6.77. The van der Waals surface area contributed by atoms with Gasteiger partial charge in [0.05, 0.1) is 34.3 Å². The van der Waals surface area contributed by atoms with E-state index in [0.717, 1.165) is 28.2 Å². The van der Waals surface area contributed by atoms with E-state index in [1.54, 1.807) is 30.0 Å². The molecule has 160 valence electrons. The summed E-state index contributed by atoms with van der Waals surface area (Å²) in [4.78, 5) is 29.7. The number of aryl methyl sites for hydroxylation is 1. The Morgan fingerprint density at radius 3 is 2.71 bits per heavy atom. The summed E-state index contributed by atoms with van der Waals surface area (Å²) in [7, 11) is 1.78. The Morgan fingerprint density at radius 1 is 1.23 bits per heavy atom. The van der Waals surface area contributed by atoms with Crippen LogP contribution in [0.1, 0.15) is 22.3 Å². The SMILES string of the molecule is Cc1nc(Cc2nnc(SCC(=O)Nc3c(C)n(C)n(-c4ccccc4)c3=O)o2)cs1. The average Bonchev–Trinajstić information content (AvgIpc) is 3.43. The van der Waals surface area contributed by atoms with E-state index in [9.17, 15) is 9.59 Å². The van der Waals surface area contributed by atoms with Crippen molar-refractivity contribution in [1.82, 2.24) is 24.5 Å². The molecule has 0 unspecified atom stereocenters. The summed E-state index contributed by atoms with van der Waals surface area (Å²) >= 11 is 2.68. The molecular formula is C20H20N6O3S2. The number of para-hydroxylation sites is 1. The third-order valence-corrected chi connectivity index (χ3v) is 6.23. The molecule has 3 aromatic heterocycles. The van der Waals surface area contributed by atoms with Crippen LogP contribution in [-0.2, 0) is 18.3 Å². The van der Waals surface area contributed by atoms with Crippen molar-refractivity contribution in [2.24, 2.45) is 7.05 Å². The number of anilines is 1. The lowest BCUT2D eigenvalue weighted by atomic mass is 10.3. The van der Waals surface area contributed by atoms with Crippen LogP contribution >= 0.6 is 23.1 Å². The predicted molar refractivity (Wildman–Crippen MR) is 119 cm³/mol. The van der Waals surface area contributed by atoms with E-state index < -0.39 is 0 Å². The van der Waals surface area contributed by atoms with Crippen molar-refractivity contribution in [3.63, 3.8) is 0 Å². The number of nitrogens with one attached hydrogen (secondary N) is 1. The predicted octanol–water partition coefficient (Wildman–Crippen LogP) is 2.95. The van der Waals surface area contributed by atoms with Crippen LogP contribution in [0.2, 0.25) is 0 Å². The molecule has 0 saturated carbocycles. The number of amides is 1. The van der Waals surface area contributed by atoms with Gasteiger partial charge < -0.3 is 9.73 Å². The first-order chi connectivity index (χ1) is 14.9. The number of aromatic nitrogens is 5. The Labute approximate surface area is 186 Å². The molecule has 0 saturated heterocycles. The molecule has 31 heavy (non-hydrogen) atoms. The molecule has 1 N–H and O–H groups in total. The smallest absolute Gasteiger partial charge is 0.295 e. The summed E-state index contributed by atoms with van der Waals surface area (Å²) < 4.78 is 8.81. The molecule has 0 aliphatic rings. The highest BCUT2D eigenvalue weighted by Gasteiger charge is 2.19. The largest absolute Gasteiger partial charge is 0.416 e. The number of hydrogen-bond acceptors (Lipinski definition) is 8. The van der Waals surface area contributed by atoms with E-state index in [-0.39, 0.29) is 22.9 Å². The summed E-state index contributed by atoms with van der Waals surface area (Å²) in [5.41, 5.74) is 2.22. The molecule has 0 aliphatic carbocycles. The lowest BCUT2D eigenvalue weighted by Gasteiger charge is -2.07. The molecular weight excluding hydrogens is 436 g/mol. The number of benzene rings is 1. The van der Waals surface area contributed by atoms with Gasteiger partial charge in [-0.2, -0.15) is 0 Å². The standard InChI is InChI=1S/C20H20N6O3S2/c1-12-18(19(28)26(25(12)3)15-7-5-4-6-8-15)22-16(27)11-31-20-24-23-17(29-20)9-14-10-30-13(2)21-14/h4-8,10H,9,11H2,1-3H3,(H,22,27). The van der Waals surface area contributed by atoms with E-state index in [4.69, 9.17) is 4.42 Å². The summed E-state index contributed by atoms with van der Waals surface area (Å²) in [5, 5.41) is 13.9. The van der Waals surface area contributed by atoms with Crippen molar-refractivity contribution in [3.05, 3.63) is 68.4 Å². The number of carbonyl (C=O) groups is 1. The molecule has 0 fully saturated rings. The zero-order chi connectivity index (χ0) is 22.0. The maximum atomic E-state index is 12.9. The highest BCUT2D eigenvalue weighted by molar-refractivity contribution is 7.99. The number of thiazole rings is 1. The second kappa shape index (κ2) is 8.90. The number of hydrogen-bond donors (Lipinski definition) is 1. The average molecular weight is 457 g/mol. The van der Waals surface area contributed by atoms with Crippen LogP contribution in [0.15, 0.2) is 50.1 Å². The topological polar surface area (TPSA) is 108 Å². The van der Waals surface area contributed by atoms with Crippen LogP contribution in [-0.4, -0.2) is 36.2 Å². The maximum absolute atomic E-state index is 12.9. The molecule has 0 bridgehead atoms. The maximum Gasteiger partial charge on any atom is 0.295 e. The van der Waals surface area contributed by atoms with Crippen LogP contribution in [0.4, 0.5) is 5.69 Å². The van der Waals surface area contributed by atoms with Crippen molar-refractivity contribution in [2.75, 3.05) is 11.1 Å². The van der Waals surface area contributed by atoms with Gasteiger partial charge in [0.2, 0.25) is 11.8 Å². The molecule has 3 heterocycles. The summed E-state index contributed by atoms with van der Waals surface area (Å²) in [5.74, 6) is 0.153. The lowest BCUT2D eigenvalue weighted by Crippen LogP contribution is -2.23. The highest BCUT2D eigenvalue weighted by Crippen LogP contribution is 2.20. The monoisotopic (exact) mass is 456 g/mol. The van der Waals surface area contributed by atoms with Gasteiger partial charge in [-0.25, -0.2) is 9.67 Å². The lowest BCUT2D eigenvalue weighted by molar-refractivity contribution is -0.113. The summed E-state index contributed by atoms with van der Waals surface area (Å²) in [6, 6.07) is 9.26. The zero-order valence-corrected chi connectivity index (χ0v) is 18.8. The fourth-order valence-electron chi connectivity index (χ4n) is 3.03. The highest BCUT2D eigenvalue weighted by atomic mass is 32.2. The van der Waals surface area contributed by atoms with Gasteiger partial charge in [0.15, 0.2) is 0 Å². The summed E-state index contributed by atoms with van der Waals surface area (Å²) in [6.45, 7) is 3.72. The van der Waals surface area contributed by atoms with Crippen molar-refractivity contribution < 1.29 is 9.21 Å². The number of nitrogens with zero attached hydrogens (tertiary/aromatic N) is 5. The van der Waals surface area contributed by atoms with Gasteiger partial charge in [-0.05, 0) is 26.0 Å². The summed E-state index contributed by atoms with van der Waals surface area (Å²) in [6.07, 6.45) is 0.451. The van der Waals surface area contributed by atoms with Crippen LogP contribution in [0, 0.1) is 13.8 Å². The first-order valence-electron chi connectivity index (χ1n) is 9.42. The number of carbonyl (C=O) groups excluding carboxylic acids is 1. The van der Waals surface area contributed by atoms with E-state index in [0.29, 0.717) is 23.2 Å². The van der Waals surface area contributed by atoms with Gasteiger partial charge in [-0.15, -0.1) is 21.5 Å². The van der Waals surface area contributed by atoms with Gasteiger partial charge >= 0.3 is 0 Å². The third kappa shape index (κ3) is 4.62. The normalized spacial score (nSPS) is 11.1. The number of thioether (sulfide) groups is 1. The van der Waals surface area contributed by atoms with Gasteiger partial charge in [-0.1, -0.05) is 30.0 Å².